The summed E-state index contributed by atoms with van der Waals surface area (Å²) >= 11 is 0. The summed E-state index contributed by atoms with van der Waals surface area (Å²) in [6.07, 6.45) is 10.3. The lowest BCUT2D eigenvalue weighted by molar-refractivity contribution is -0.154. The van der Waals surface area contributed by atoms with Crippen molar-refractivity contribution in [1.82, 2.24) is 40.4 Å². The lowest BCUT2D eigenvalue weighted by Gasteiger charge is -2.40. The fraction of sp³-hybridized carbons (Fsp3) is 0.538. The van der Waals surface area contributed by atoms with Crippen molar-refractivity contribution in [2.24, 2.45) is 16.8 Å². The van der Waals surface area contributed by atoms with Gasteiger partial charge in [0.05, 0.1) is 12.4 Å². The Kier molecular flexibility index (Phi) is 12.8. The topological polar surface area (TPSA) is 239 Å². The number of aromatic amines is 2. The van der Waals surface area contributed by atoms with Crippen molar-refractivity contribution < 1.29 is 33.9 Å². The molecular formula is C39H52N10O7. The zero-order valence-electron chi connectivity index (χ0n) is 31.9. The predicted molar refractivity (Wildman–Crippen MR) is 206 cm³/mol. The second-order valence-electron chi connectivity index (χ2n) is 15.0. The molecule has 2 aromatic heterocycles. The van der Waals surface area contributed by atoms with Crippen LogP contribution in [0.4, 0.5) is 0 Å². The molecule has 3 aromatic rings. The van der Waals surface area contributed by atoms with Crippen LogP contribution in [0.5, 0.6) is 0 Å². The average molecular weight is 773 g/mol. The van der Waals surface area contributed by atoms with Crippen molar-refractivity contribution in [2.45, 2.75) is 114 Å². The first kappa shape index (κ1) is 40.1. The molecule has 300 valence electrons. The van der Waals surface area contributed by atoms with E-state index in [1.54, 1.807) is 6.21 Å². The number of nitrogens with two attached hydrogens (primary N) is 1. The number of nitrogens with one attached hydrogen (secondary N) is 4. The van der Waals surface area contributed by atoms with Gasteiger partial charge in [0.1, 0.15) is 30.2 Å². The second-order valence-corrected chi connectivity index (χ2v) is 15.0. The zero-order valence-corrected chi connectivity index (χ0v) is 31.9. The first-order valence-electron chi connectivity index (χ1n) is 19.6. The Morgan fingerprint density at radius 3 is 2.45 bits per heavy atom. The average Bonchev–Trinajstić information content (AvgIpc) is 4.01. The van der Waals surface area contributed by atoms with Crippen molar-refractivity contribution in [1.29, 1.82) is 0 Å². The molecule has 1 aromatic carbocycles. The van der Waals surface area contributed by atoms with E-state index in [2.05, 4.69) is 30.7 Å². The summed E-state index contributed by atoms with van der Waals surface area (Å²) in [6.45, 7) is 4.24. The maximum atomic E-state index is 14.5. The number of imidazole rings is 1. The number of carboxylic acid groups (broad SMARTS) is 1. The van der Waals surface area contributed by atoms with Crippen molar-refractivity contribution in [2.75, 3.05) is 13.1 Å². The van der Waals surface area contributed by atoms with Crippen LogP contribution in [0.1, 0.15) is 76.5 Å². The number of aliphatic carboxylic acids is 1. The number of para-hydroxylation sites is 1. The lowest BCUT2D eigenvalue weighted by atomic mass is 9.95. The summed E-state index contributed by atoms with van der Waals surface area (Å²) in [4.78, 5) is 95.1. The number of carbonyl (C=O) groups excluding carboxylic acids is 5. The number of hydrazone groups is 1. The fourth-order valence-electron chi connectivity index (χ4n) is 7.97. The van der Waals surface area contributed by atoms with Gasteiger partial charge in [-0.3, -0.25) is 24.0 Å². The quantitative estimate of drug-likeness (QED) is 0.139. The minimum atomic E-state index is -1.11. The third kappa shape index (κ3) is 8.77. The van der Waals surface area contributed by atoms with Gasteiger partial charge in [-0.25, -0.2) is 14.8 Å². The maximum Gasteiger partial charge on any atom is 0.326 e. The number of likely N-dealkylation sites (tertiary alicyclic amines) is 2. The van der Waals surface area contributed by atoms with Crippen molar-refractivity contribution in [3.8, 4) is 0 Å². The predicted octanol–water partition coefficient (Wildman–Crippen LogP) is 1.45. The van der Waals surface area contributed by atoms with Crippen LogP contribution in [0.2, 0.25) is 0 Å². The molecule has 3 aliphatic heterocycles. The fourth-order valence-corrected chi connectivity index (χ4v) is 7.97. The number of carbonyl (C=O) groups is 6. The van der Waals surface area contributed by atoms with Gasteiger partial charge in [-0.05, 0) is 68.9 Å². The number of piperidine rings is 1. The summed E-state index contributed by atoms with van der Waals surface area (Å²) < 4.78 is 0. The smallest absolute Gasteiger partial charge is 0.326 e. The van der Waals surface area contributed by atoms with Crippen LogP contribution in [0.3, 0.4) is 0 Å². The highest BCUT2D eigenvalue weighted by Gasteiger charge is 2.44. The molecule has 2 saturated heterocycles. The number of benzene rings is 1. The molecule has 5 amide bonds. The summed E-state index contributed by atoms with van der Waals surface area (Å²) in [7, 11) is 0. The molecule has 5 heterocycles. The van der Waals surface area contributed by atoms with E-state index in [0.717, 1.165) is 21.5 Å². The molecule has 0 bridgehead atoms. The molecule has 0 saturated carbocycles. The molecule has 3 aliphatic rings. The summed E-state index contributed by atoms with van der Waals surface area (Å²) in [5, 5.41) is 21.9. The number of amides is 5. The highest BCUT2D eigenvalue weighted by atomic mass is 16.4. The summed E-state index contributed by atoms with van der Waals surface area (Å²) in [6, 6.07) is 1.64. The third-order valence-electron chi connectivity index (χ3n) is 11.3. The number of fused-ring (bicyclic) bond motifs is 1. The van der Waals surface area contributed by atoms with Gasteiger partial charge in [0.25, 0.3) is 5.91 Å². The number of carboxylic acids is 1. The largest absolute Gasteiger partial charge is 0.480 e. The van der Waals surface area contributed by atoms with Crippen LogP contribution in [0.15, 0.2) is 48.1 Å². The Bertz CT molecular complexity index is 1930. The van der Waals surface area contributed by atoms with Crippen LogP contribution in [0.25, 0.3) is 10.9 Å². The van der Waals surface area contributed by atoms with Crippen LogP contribution < -0.4 is 16.4 Å². The van der Waals surface area contributed by atoms with Crippen molar-refractivity contribution in [3.05, 3.63) is 54.2 Å². The van der Waals surface area contributed by atoms with Gasteiger partial charge in [0.15, 0.2) is 0 Å². The molecule has 0 radical (unpaired) electrons. The van der Waals surface area contributed by atoms with Gasteiger partial charge in [0.2, 0.25) is 23.6 Å². The van der Waals surface area contributed by atoms with E-state index >= 15 is 0 Å². The molecule has 2 fully saturated rings. The molecule has 7 atom stereocenters. The molecule has 17 nitrogen and oxygen atoms in total. The first-order chi connectivity index (χ1) is 27.0. The monoisotopic (exact) mass is 772 g/mol. The normalized spacial score (nSPS) is 22.0. The molecular weight excluding hydrogens is 720 g/mol. The van der Waals surface area contributed by atoms with Crippen LogP contribution >= 0.6 is 0 Å². The van der Waals surface area contributed by atoms with E-state index < -0.39 is 71.8 Å². The van der Waals surface area contributed by atoms with E-state index in [0.29, 0.717) is 50.6 Å². The number of nitrogens with zero attached hydrogens (tertiary/aromatic N) is 5. The van der Waals surface area contributed by atoms with Crippen molar-refractivity contribution in [3.63, 3.8) is 0 Å². The molecule has 6 rings (SSSR count). The van der Waals surface area contributed by atoms with E-state index in [1.165, 1.54) is 22.3 Å². The van der Waals surface area contributed by atoms with E-state index in [9.17, 15) is 33.9 Å². The van der Waals surface area contributed by atoms with Crippen LogP contribution in [-0.4, -0.2) is 126 Å². The number of hydrogen-bond donors (Lipinski definition) is 6. The first-order valence-corrected chi connectivity index (χ1v) is 19.6. The van der Waals surface area contributed by atoms with E-state index in [-0.39, 0.29) is 38.3 Å². The van der Waals surface area contributed by atoms with Gasteiger partial charge in [-0.2, -0.15) is 5.10 Å². The molecule has 56 heavy (non-hydrogen) atoms. The van der Waals surface area contributed by atoms with Gasteiger partial charge in [0, 0.05) is 54.7 Å². The van der Waals surface area contributed by atoms with Gasteiger partial charge >= 0.3 is 5.97 Å². The Balaban J connectivity index is 1.17. The molecule has 17 heteroatoms. The zero-order chi connectivity index (χ0) is 39.9. The number of aromatic nitrogens is 3. The van der Waals surface area contributed by atoms with Crippen LogP contribution in [-0.2, 0) is 41.6 Å². The summed E-state index contributed by atoms with van der Waals surface area (Å²) in [5.41, 5.74) is 8.77. The standard InChI is InChI=1S/C39H52N10O7/c1-3-23(2)33(46-34(50)27(40)18-24-20-42-28-11-5-4-10-26(24)28)38(54)49-31(13-8-15-44-49)37(53)47-16-7-6-12-30(47)35(51)45-29(19-25-21-41-22-43-25)36(52)48-17-9-14-32(48)39(55)56/h4-5,10-11,15,20-23,27,29-33,42H,3,6-9,12-14,16-19,40H2,1-2H3,(H,41,43)(H,45,51)(H,46,50)(H,55,56)/t23?,27-,29-,30+,31-,32+,33+/m1/s1. The Hall–Kier alpha value is -5.58. The number of hydrogen-bond acceptors (Lipinski definition) is 9. The van der Waals surface area contributed by atoms with Gasteiger partial charge in [-0.1, -0.05) is 38.5 Å². The highest BCUT2D eigenvalue weighted by molar-refractivity contribution is 5.97. The maximum absolute atomic E-state index is 14.5. The third-order valence-corrected chi connectivity index (χ3v) is 11.3. The van der Waals surface area contributed by atoms with Crippen molar-refractivity contribution >= 4 is 52.6 Å². The molecule has 0 spiro atoms. The Morgan fingerprint density at radius 1 is 0.929 bits per heavy atom. The SMILES string of the molecule is CCC(C)[C@H](NC(=O)[C@H](N)Cc1c[nH]c2ccccc12)C(=O)N1N=CCC[C@@H]1C(=O)N1CCCC[C@H]1C(=O)N[C@H](Cc1cnc[nH]1)C(=O)N1CCC[C@H]1C(=O)O. The minimum absolute atomic E-state index is 0.0435. The minimum Gasteiger partial charge on any atom is -0.480 e. The lowest BCUT2D eigenvalue weighted by Crippen LogP contribution is -2.62. The molecule has 7 N–H and O–H groups in total. The number of rotatable bonds is 14. The molecule has 0 aliphatic carbocycles. The summed E-state index contributed by atoms with van der Waals surface area (Å²) in [5.74, 6) is -4.02. The van der Waals surface area contributed by atoms with E-state index in [4.69, 9.17) is 5.73 Å². The van der Waals surface area contributed by atoms with Gasteiger partial charge in [-0.15, -0.1) is 0 Å². The second kappa shape index (κ2) is 17.9. The Morgan fingerprint density at radius 2 is 1.70 bits per heavy atom. The Labute approximate surface area is 324 Å². The highest BCUT2D eigenvalue weighted by Crippen LogP contribution is 2.26. The van der Waals surface area contributed by atoms with E-state index in [1.807, 2.05) is 44.3 Å². The number of H-pyrrole nitrogens is 2. The van der Waals surface area contributed by atoms with Crippen LogP contribution in [0, 0.1) is 5.92 Å². The van der Waals surface area contributed by atoms with Gasteiger partial charge < -0.3 is 41.2 Å². The molecule has 1 unspecified atom stereocenters.